The number of nitrogens with zero attached hydrogens (tertiary/aromatic N) is 3. The van der Waals surface area contributed by atoms with Crippen molar-refractivity contribution < 1.29 is 17.9 Å². The van der Waals surface area contributed by atoms with Crippen LogP contribution in [0.2, 0.25) is 0 Å². The van der Waals surface area contributed by atoms with Gasteiger partial charge in [-0.3, -0.25) is 13.8 Å². The summed E-state index contributed by atoms with van der Waals surface area (Å²) in [5, 5.41) is 7.09. The molecule has 0 aliphatic carbocycles. The van der Waals surface area contributed by atoms with Crippen LogP contribution >= 0.6 is 0 Å². The van der Waals surface area contributed by atoms with Crippen molar-refractivity contribution in [2.24, 2.45) is 0 Å². The highest BCUT2D eigenvalue weighted by Gasteiger charge is 2.27. The zero-order valence-corrected chi connectivity index (χ0v) is 20.2. The van der Waals surface area contributed by atoms with Crippen LogP contribution in [0.1, 0.15) is 18.5 Å². The van der Waals surface area contributed by atoms with Crippen molar-refractivity contribution in [2.75, 3.05) is 23.3 Å². The second-order valence-corrected chi connectivity index (χ2v) is 9.52. The first kappa shape index (κ1) is 24.0. The van der Waals surface area contributed by atoms with Gasteiger partial charge in [0.15, 0.2) is 6.04 Å². The number of hydrogen-bond acceptors (Lipinski definition) is 5. The van der Waals surface area contributed by atoms with Gasteiger partial charge in [-0.25, -0.2) is 8.42 Å². The Morgan fingerprint density at radius 1 is 1.03 bits per heavy atom. The maximum atomic E-state index is 13.5. The highest BCUT2D eigenvalue weighted by Crippen LogP contribution is 2.32. The number of benzene rings is 3. The molecule has 0 saturated carbocycles. The SMILES string of the molecule is CCN(c1ccccc1)S(=O)(=O)c1ccc(OC)c(NC(=O)C(c2ccccc2)n2cccn2)c1. The van der Waals surface area contributed by atoms with Gasteiger partial charge in [0.05, 0.1) is 23.4 Å². The van der Waals surface area contributed by atoms with Gasteiger partial charge in [-0.2, -0.15) is 5.10 Å². The molecule has 1 amide bonds. The first-order valence-electron chi connectivity index (χ1n) is 11.1. The van der Waals surface area contributed by atoms with Gasteiger partial charge in [0, 0.05) is 18.9 Å². The first-order chi connectivity index (χ1) is 17.0. The van der Waals surface area contributed by atoms with Crippen molar-refractivity contribution in [3.8, 4) is 5.75 Å². The molecule has 0 radical (unpaired) electrons. The molecule has 9 heteroatoms. The van der Waals surface area contributed by atoms with E-state index in [1.54, 1.807) is 54.3 Å². The third-order valence-corrected chi connectivity index (χ3v) is 7.40. The van der Waals surface area contributed by atoms with Gasteiger partial charge in [0.1, 0.15) is 5.75 Å². The van der Waals surface area contributed by atoms with Crippen LogP contribution in [0.15, 0.2) is 102 Å². The summed E-state index contributed by atoms with van der Waals surface area (Å²) >= 11 is 0. The van der Waals surface area contributed by atoms with E-state index in [1.807, 2.05) is 36.4 Å². The Balaban J connectivity index is 1.70. The highest BCUT2D eigenvalue weighted by molar-refractivity contribution is 7.92. The zero-order chi connectivity index (χ0) is 24.8. The summed E-state index contributed by atoms with van der Waals surface area (Å²) in [5.74, 6) is -0.0458. The van der Waals surface area contributed by atoms with Crippen molar-refractivity contribution in [2.45, 2.75) is 17.9 Å². The van der Waals surface area contributed by atoms with E-state index in [0.29, 0.717) is 11.4 Å². The summed E-state index contributed by atoms with van der Waals surface area (Å²) in [6, 6.07) is 23.5. The van der Waals surface area contributed by atoms with Gasteiger partial charge in [0.2, 0.25) is 0 Å². The number of hydrogen-bond donors (Lipinski definition) is 1. The Morgan fingerprint density at radius 3 is 2.31 bits per heavy atom. The molecule has 4 rings (SSSR count). The van der Waals surface area contributed by atoms with Crippen LogP contribution in [-0.2, 0) is 14.8 Å². The van der Waals surface area contributed by atoms with Crippen LogP contribution in [0.4, 0.5) is 11.4 Å². The molecular weight excluding hydrogens is 464 g/mol. The fourth-order valence-electron chi connectivity index (χ4n) is 3.85. The van der Waals surface area contributed by atoms with E-state index in [1.165, 1.54) is 29.6 Å². The quantitative estimate of drug-likeness (QED) is 0.377. The van der Waals surface area contributed by atoms with E-state index in [-0.39, 0.29) is 23.0 Å². The molecular formula is C26H26N4O4S. The Bertz CT molecular complexity index is 1380. The fourth-order valence-corrected chi connectivity index (χ4v) is 5.35. The molecule has 0 aliphatic rings. The van der Waals surface area contributed by atoms with Crippen LogP contribution < -0.4 is 14.4 Å². The Morgan fingerprint density at radius 2 is 1.71 bits per heavy atom. The second kappa shape index (κ2) is 10.4. The number of amides is 1. The van der Waals surface area contributed by atoms with E-state index in [4.69, 9.17) is 4.74 Å². The van der Waals surface area contributed by atoms with Crippen LogP contribution in [0.25, 0.3) is 0 Å². The minimum Gasteiger partial charge on any atom is -0.495 e. The molecule has 0 aliphatic heterocycles. The van der Waals surface area contributed by atoms with Crippen LogP contribution in [0, 0.1) is 0 Å². The lowest BCUT2D eigenvalue weighted by molar-refractivity contribution is -0.118. The Hall–Kier alpha value is -4.11. The maximum absolute atomic E-state index is 13.5. The Kier molecular flexibility index (Phi) is 7.17. The lowest BCUT2D eigenvalue weighted by Crippen LogP contribution is -2.31. The maximum Gasteiger partial charge on any atom is 0.264 e. The fraction of sp³-hybridized carbons (Fsp3) is 0.154. The molecule has 1 unspecified atom stereocenters. The van der Waals surface area contributed by atoms with Gasteiger partial charge in [-0.05, 0) is 48.9 Å². The largest absolute Gasteiger partial charge is 0.495 e. The van der Waals surface area contributed by atoms with E-state index in [2.05, 4.69) is 10.4 Å². The molecule has 8 nitrogen and oxygen atoms in total. The van der Waals surface area contributed by atoms with E-state index in [9.17, 15) is 13.2 Å². The third kappa shape index (κ3) is 5.04. The summed E-state index contributed by atoms with van der Waals surface area (Å²) in [4.78, 5) is 13.5. The normalized spacial score (nSPS) is 12.1. The van der Waals surface area contributed by atoms with Crippen LogP contribution in [0.5, 0.6) is 5.75 Å². The number of carbonyl (C=O) groups excluding carboxylic acids is 1. The van der Waals surface area contributed by atoms with Gasteiger partial charge in [-0.1, -0.05) is 48.5 Å². The molecule has 0 bridgehead atoms. The zero-order valence-electron chi connectivity index (χ0n) is 19.4. The van der Waals surface area contributed by atoms with Gasteiger partial charge in [-0.15, -0.1) is 0 Å². The predicted octanol–water partition coefficient (Wildman–Crippen LogP) is 4.34. The van der Waals surface area contributed by atoms with Crippen molar-refractivity contribution in [1.29, 1.82) is 0 Å². The summed E-state index contributed by atoms with van der Waals surface area (Å²) in [7, 11) is -2.43. The van der Waals surface area contributed by atoms with E-state index < -0.39 is 16.1 Å². The number of carbonyl (C=O) groups is 1. The lowest BCUT2D eigenvalue weighted by atomic mass is 10.1. The van der Waals surface area contributed by atoms with Crippen molar-refractivity contribution in [3.05, 3.63) is 103 Å². The molecule has 3 aromatic carbocycles. The average Bonchev–Trinajstić information content (AvgIpc) is 3.40. The third-order valence-electron chi connectivity index (χ3n) is 5.50. The number of para-hydroxylation sites is 1. The molecule has 35 heavy (non-hydrogen) atoms. The number of anilines is 2. The number of rotatable bonds is 9. The van der Waals surface area contributed by atoms with Gasteiger partial charge >= 0.3 is 0 Å². The summed E-state index contributed by atoms with van der Waals surface area (Å²) in [6.45, 7) is 2.01. The summed E-state index contributed by atoms with van der Waals surface area (Å²) < 4.78 is 35.3. The van der Waals surface area contributed by atoms with Crippen molar-refractivity contribution in [3.63, 3.8) is 0 Å². The molecule has 0 fully saturated rings. The monoisotopic (exact) mass is 490 g/mol. The first-order valence-corrected chi connectivity index (χ1v) is 12.5. The summed E-state index contributed by atoms with van der Waals surface area (Å²) in [5.41, 5.74) is 1.53. The molecule has 1 aromatic heterocycles. The Labute approximate surface area is 204 Å². The highest BCUT2D eigenvalue weighted by atomic mass is 32.2. The molecule has 0 spiro atoms. The van der Waals surface area contributed by atoms with Crippen LogP contribution in [0.3, 0.4) is 0 Å². The minimum absolute atomic E-state index is 0.0367. The number of aromatic nitrogens is 2. The smallest absolute Gasteiger partial charge is 0.264 e. The minimum atomic E-state index is -3.89. The summed E-state index contributed by atoms with van der Waals surface area (Å²) in [6.07, 6.45) is 3.30. The standard InChI is InChI=1S/C26H26N4O4S/c1-3-30(21-13-8-5-9-14-21)35(32,33)22-15-16-24(34-2)23(19-22)28-26(31)25(29-18-10-17-27-29)20-11-6-4-7-12-20/h4-19,25H,3H2,1-2H3,(H,28,31). The molecule has 4 aromatic rings. The number of methoxy groups -OCH3 is 1. The topological polar surface area (TPSA) is 93.5 Å². The molecule has 1 heterocycles. The van der Waals surface area contributed by atoms with E-state index in [0.717, 1.165) is 5.56 Å². The van der Waals surface area contributed by atoms with Gasteiger partial charge < -0.3 is 10.1 Å². The van der Waals surface area contributed by atoms with Gasteiger partial charge in [0.25, 0.3) is 15.9 Å². The van der Waals surface area contributed by atoms with Crippen LogP contribution in [-0.4, -0.2) is 37.8 Å². The predicted molar refractivity (Wildman–Crippen MR) is 135 cm³/mol. The number of ether oxygens (including phenoxy) is 1. The second-order valence-electron chi connectivity index (χ2n) is 7.66. The number of sulfonamides is 1. The number of nitrogens with one attached hydrogen (secondary N) is 1. The van der Waals surface area contributed by atoms with E-state index >= 15 is 0 Å². The molecule has 180 valence electrons. The van der Waals surface area contributed by atoms with Crippen molar-refractivity contribution >= 4 is 27.3 Å². The lowest BCUT2D eigenvalue weighted by Gasteiger charge is -2.24. The van der Waals surface area contributed by atoms with Crippen molar-refractivity contribution in [1.82, 2.24) is 9.78 Å². The molecule has 1 atom stereocenters. The average molecular weight is 491 g/mol. The molecule has 0 saturated heterocycles. The molecule has 1 N–H and O–H groups in total.